The third kappa shape index (κ3) is 15.8. The van der Waals surface area contributed by atoms with Gasteiger partial charge in [0.05, 0.1) is 6.04 Å². The second-order valence-electron chi connectivity index (χ2n) is 15.3. The fourth-order valence-electron chi connectivity index (χ4n) is 7.12. The molecule has 23 heteroatoms. The number of aliphatic imine (C=N–C) groups is 2. The standard InChI is InChI=1S/C39H62N14O9/c1-22(40)31(56)48-23(2)32(57)49-25(12-6-16-45-38(41)42)33(58)50-26(13-7-17-46-39(43)44)36(61)53-19-9-15-29(53)35(60)51-27(20-24-10-4-3-5-11-24)37(62)52-18-8-14-28(52)34(59)47-21-30(54)55/h3-5,10-11,22-23,25-29H,6-9,12-21,40H2,1-2H3,(H,47,59)(H,48,56)(H,49,57)(H,50,58)(H,51,60)(H,54,55)(H4,41,42,45)(H4,43,44,46)/t22-,23-,25-,26-,27-,28-,29-/m0/s1. The van der Waals surface area contributed by atoms with Crippen LogP contribution >= 0.6 is 0 Å². The molecule has 2 heterocycles. The number of carbonyl (C=O) groups is 8. The normalized spacial score (nSPS) is 18.2. The van der Waals surface area contributed by atoms with Gasteiger partial charge in [0.2, 0.25) is 41.4 Å². The Hall–Kier alpha value is -6.52. The van der Waals surface area contributed by atoms with Gasteiger partial charge in [-0.15, -0.1) is 0 Å². The number of carbonyl (C=O) groups excluding carboxylic acids is 7. The highest BCUT2D eigenvalue weighted by Crippen LogP contribution is 2.23. The van der Waals surface area contributed by atoms with Crippen molar-refractivity contribution in [3.63, 3.8) is 0 Å². The number of amides is 7. The lowest BCUT2D eigenvalue weighted by Crippen LogP contribution is -2.59. The minimum atomic E-state index is -1.24. The zero-order valence-corrected chi connectivity index (χ0v) is 35.2. The van der Waals surface area contributed by atoms with Gasteiger partial charge >= 0.3 is 5.97 Å². The molecule has 0 aromatic heterocycles. The molecular weight excluding hydrogens is 809 g/mol. The summed E-state index contributed by atoms with van der Waals surface area (Å²) in [7, 11) is 0. The van der Waals surface area contributed by atoms with Crippen molar-refractivity contribution in [2.45, 2.75) is 114 Å². The van der Waals surface area contributed by atoms with Crippen LogP contribution in [0.15, 0.2) is 40.3 Å². The summed E-state index contributed by atoms with van der Waals surface area (Å²) in [5.74, 6) is -6.03. The first-order valence-electron chi connectivity index (χ1n) is 20.6. The number of nitrogens with two attached hydrogens (primary N) is 5. The minimum absolute atomic E-state index is 0.0249. The van der Waals surface area contributed by atoms with Crippen molar-refractivity contribution >= 4 is 59.2 Å². The van der Waals surface area contributed by atoms with Crippen molar-refractivity contribution < 1.29 is 43.5 Å². The van der Waals surface area contributed by atoms with E-state index in [1.807, 2.05) is 0 Å². The molecule has 0 aliphatic carbocycles. The maximum Gasteiger partial charge on any atom is 0.322 e. The van der Waals surface area contributed by atoms with E-state index in [0.717, 1.165) is 0 Å². The zero-order valence-electron chi connectivity index (χ0n) is 35.2. The van der Waals surface area contributed by atoms with Crippen LogP contribution < -0.4 is 55.3 Å². The Balaban J connectivity index is 1.87. The molecule has 3 rings (SSSR count). The fraction of sp³-hybridized carbons (Fsp3) is 0.590. The van der Waals surface area contributed by atoms with E-state index in [4.69, 9.17) is 33.8 Å². The van der Waals surface area contributed by atoms with Gasteiger partial charge in [0, 0.05) is 32.6 Å². The first-order chi connectivity index (χ1) is 29.4. The van der Waals surface area contributed by atoms with Crippen LogP contribution in [0, 0.1) is 0 Å². The average molecular weight is 871 g/mol. The van der Waals surface area contributed by atoms with E-state index in [-0.39, 0.29) is 76.6 Å². The second-order valence-corrected chi connectivity index (χ2v) is 15.3. The molecule has 2 aliphatic rings. The molecule has 342 valence electrons. The third-order valence-electron chi connectivity index (χ3n) is 10.3. The van der Waals surface area contributed by atoms with Crippen LogP contribution in [0.5, 0.6) is 0 Å². The van der Waals surface area contributed by atoms with E-state index >= 15 is 0 Å². The van der Waals surface area contributed by atoms with Crippen LogP contribution in [0.25, 0.3) is 0 Å². The molecule has 1 aromatic rings. The molecule has 0 unspecified atom stereocenters. The monoisotopic (exact) mass is 870 g/mol. The first kappa shape index (κ1) is 49.8. The van der Waals surface area contributed by atoms with Crippen molar-refractivity contribution in [3.05, 3.63) is 35.9 Å². The predicted molar refractivity (Wildman–Crippen MR) is 227 cm³/mol. The number of guanidine groups is 2. The second kappa shape index (κ2) is 24.7. The Morgan fingerprint density at radius 3 is 1.74 bits per heavy atom. The number of nitrogens with one attached hydrogen (secondary N) is 5. The third-order valence-corrected chi connectivity index (χ3v) is 10.3. The molecular formula is C39H62N14O9. The highest BCUT2D eigenvalue weighted by atomic mass is 16.4. The molecule has 2 aliphatic heterocycles. The van der Waals surface area contributed by atoms with E-state index < -0.39 is 96.2 Å². The van der Waals surface area contributed by atoms with Gasteiger partial charge < -0.3 is 70.2 Å². The summed E-state index contributed by atoms with van der Waals surface area (Å²) in [6.07, 6.45) is 2.01. The summed E-state index contributed by atoms with van der Waals surface area (Å²) in [6.45, 7) is 2.81. The van der Waals surface area contributed by atoms with Gasteiger partial charge in [0.1, 0.15) is 42.8 Å². The number of hydrogen-bond acceptors (Lipinski definition) is 11. The number of hydrogen-bond donors (Lipinski definition) is 11. The van der Waals surface area contributed by atoms with E-state index in [9.17, 15) is 38.4 Å². The summed E-state index contributed by atoms with van der Waals surface area (Å²) in [4.78, 5) is 117. The maximum absolute atomic E-state index is 14.4. The van der Waals surface area contributed by atoms with Gasteiger partial charge in [-0.25, -0.2) is 0 Å². The molecule has 0 radical (unpaired) electrons. The van der Waals surface area contributed by atoms with Crippen molar-refractivity contribution in [1.82, 2.24) is 36.4 Å². The van der Waals surface area contributed by atoms with Gasteiger partial charge in [0.15, 0.2) is 11.9 Å². The molecule has 16 N–H and O–H groups in total. The molecule has 23 nitrogen and oxygen atoms in total. The zero-order chi connectivity index (χ0) is 45.9. The van der Waals surface area contributed by atoms with E-state index in [1.54, 1.807) is 30.3 Å². The smallest absolute Gasteiger partial charge is 0.322 e. The van der Waals surface area contributed by atoms with E-state index in [1.165, 1.54) is 23.6 Å². The fourth-order valence-corrected chi connectivity index (χ4v) is 7.12. The predicted octanol–water partition coefficient (Wildman–Crippen LogP) is -4.17. The number of rotatable bonds is 23. The molecule has 2 saturated heterocycles. The van der Waals surface area contributed by atoms with Crippen LogP contribution in [-0.2, 0) is 44.8 Å². The lowest BCUT2D eigenvalue weighted by atomic mass is 10.0. The Kier molecular flexibility index (Phi) is 19.8. The van der Waals surface area contributed by atoms with Gasteiger partial charge in [-0.2, -0.15) is 0 Å². The SMILES string of the molecule is C[C@H](N)C(=O)N[C@@H](C)C(=O)N[C@@H](CCCN=C(N)N)C(=O)N[C@@H](CCCN=C(N)N)C(=O)N1CCC[C@H]1C(=O)N[C@@H](Cc1ccccc1)C(=O)N1CCC[C@H]1C(=O)NCC(=O)O. The van der Waals surface area contributed by atoms with Crippen LogP contribution in [-0.4, -0.2) is 149 Å². The Morgan fingerprint density at radius 2 is 1.21 bits per heavy atom. The molecule has 0 saturated carbocycles. The molecule has 2 fully saturated rings. The largest absolute Gasteiger partial charge is 0.480 e. The van der Waals surface area contributed by atoms with E-state index in [2.05, 4.69) is 36.6 Å². The Morgan fingerprint density at radius 1 is 0.694 bits per heavy atom. The number of nitrogens with zero attached hydrogens (tertiary/aromatic N) is 4. The number of carboxylic acids is 1. The van der Waals surface area contributed by atoms with Crippen LogP contribution in [0.1, 0.15) is 70.8 Å². The highest BCUT2D eigenvalue weighted by Gasteiger charge is 2.42. The minimum Gasteiger partial charge on any atom is -0.480 e. The number of benzene rings is 1. The summed E-state index contributed by atoms with van der Waals surface area (Å²) in [5.41, 5.74) is 28.2. The Labute approximate surface area is 359 Å². The summed E-state index contributed by atoms with van der Waals surface area (Å²) in [5, 5.41) is 22.1. The van der Waals surface area contributed by atoms with Crippen molar-refractivity contribution in [3.8, 4) is 0 Å². The Bertz CT molecular complexity index is 1800. The molecule has 7 atom stereocenters. The van der Waals surface area contributed by atoms with E-state index in [0.29, 0.717) is 24.8 Å². The topological polar surface area (TPSA) is 378 Å². The molecule has 0 bridgehead atoms. The quantitative estimate of drug-likeness (QED) is 0.0283. The molecule has 1 aromatic carbocycles. The number of aliphatic carboxylic acids is 1. The van der Waals surface area contributed by atoms with Gasteiger partial charge in [-0.3, -0.25) is 48.3 Å². The number of carboxylic acid groups (broad SMARTS) is 1. The first-order valence-corrected chi connectivity index (χ1v) is 20.6. The highest BCUT2D eigenvalue weighted by molar-refractivity contribution is 5.98. The van der Waals surface area contributed by atoms with Crippen molar-refractivity contribution in [1.29, 1.82) is 0 Å². The van der Waals surface area contributed by atoms with Crippen molar-refractivity contribution in [2.75, 3.05) is 32.7 Å². The maximum atomic E-state index is 14.4. The van der Waals surface area contributed by atoms with Crippen molar-refractivity contribution in [2.24, 2.45) is 38.7 Å². The average Bonchev–Trinajstić information content (AvgIpc) is 3.93. The summed E-state index contributed by atoms with van der Waals surface area (Å²) < 4.78 is 0. The van der Waals surface area contributed by atoms with Gasteiger partial charge in [-0.1, -0.05) is 30.3 Å². The lowest BCUT2D eigenvalue weighted by Gasteiger charge is -2.32. The molecule has 0 spiro atoms. The van der Waals surface area contributed by atoms with Crippen LogP contribution in [0.3, 0.4) is 0 Å². The summed E-state index contributed by atoms with van der Waals surface area (Å²) >= 11 is 0. The molecule has 7 amide bonds. The van der Waals surface area contributed by atoms with Crippen LogP contribution in [0.4, 0.5) is 0 Å². The summed E-state index contributed by atoms with van der Waals surface area (Å²) in [6, 6.07) is 1.32. The van der Waals surface area contributed by atoms with Gasteiger partial charge in [-0.05, 0) is 70.8 Å². The van der Waals surface area contributed by atoms with Crippen LogP contribution in [0.2, 0.25) is 0 Å². The number of likely N-dealkylation sites (tertiary alicyclic amines) is 2. The molecule has 62 heavy (non-hydrogen) atoms. The van der Waals surface area contributed by atoms with Gasteiger partial charge in [0.25, 0.3) is 0 Å². The lowest BCUT2D eigenvalue weighted by molar-refractivity contribution is -0.145.